The van der Waals surface area contributed by atoms with E-state index >= 15 is 0 Å². The molecule has 238 valence electrons. The first-order valence-electron chi connectivity index (χ1n) is 14.9. The molecule has 0 aromatic heterocycles. The molecule has 3 rings (SSSR count). The molecule has 0 bridgehead atoms. The van der Waals surface area contributed by atoms with Crippen molar-refractivity contribution in [1.82, 2.24) is 15.1 Å². The fourth-order valence-corrected chi connectivity index (χ4v) is 5.71. The highest BCUT2D eigenvalue weighted by Crippen LogP contribution is 2.37. The number of rotatable bonds is 10. The van der Waals surface area contributed by atoms with E-state index in [9.17, 15) is 30.0 Å². The number of aryl methyl sites for hydroxylation is 2. The lowest BCUT2D eigenvalue weighted by molar-refractivity contribution is -0.125. The Hall–Kier alpha value is -3.22. The fraction of sp³-hybridized carbons (Fsp3) is 0.562. The van der Waals surface area contributed by atoms with E-state index in [-0.39, 0.29) is 11.5 Å². The topological polar surface area (TPSA) is 186 Å². The van der Waals surface area contributed by atoms with Crippen molar-refractivity contribution in [2.75, 3.05) is 52.5 Å². The second-order valence-corrected chi connectivity index (χ2v) is 12.4. The summed E-state index contributed by atoms with van der Waals surface area (Å²) in [5.74, 6) is -1.46. The number of nitrogens with zero attached hydrogens (tertiary/aromatic N) is 2. The summed E-state index contributed by atoms with van der Waals surface area (Å²) in [6, 6.07) is 7.20. The lowest BCUT2D eigenvalue weighted by atomic mass is 9.80. The third kappa shape index (κ3) is 7.84. The lowest BCUT2D eigenvalue weighted by Crippen LogP contribution is -2.42. The second kappa shape index (κ2) is 14.5. The Morgan fingerprint density at radius 2 is 1.16 bits per heavy atom. The third-order valence-electron chi connectivity index (χ3n) is 8.74. The van der Waals surface area contributed by atoms with Crippen LogP contribution in [0.1, 0.15) is 60.1 Å². The van der Waals surface area contributed by atoms with Gasteiger partial charge in [-0.15, -0.1) is 0 Å². The Bertz CT molecular complexity index is 1210. The van der Waals surface area contributed by atoms with Crippen LogP contribution in [0, 0.1) is 13.8 Å². The van der Waals surface area contributed by atoms with Gasteiger partial charge in [0.25, 0.3) is 0 Å². The summed E-state index contributed by atoms with van der Waals surface area (Å²) in [5, 5.41) is 45.8. The van der Waals surface area contributed by atoms with Crippen molar-refractivity contribution in [2.45, 2.75) is 64.5 Å². The molecule has 9 N–H and O–H groups in total. The molecule has 0 aliphatic carbocycles. The maximum atomic E-state index is 12.2. The smallest absolute Gasteiger partial charge is 0.230 e. The molecule has 1 fully saturated rings. The van der Waals surface area contributed by atoms with Gasteiger partial charge in [0, 0.05) is 48.4 Å². The molecule has 2 unspecified atom stereocenters. The molecule has 0 radical (unpaired) electrons. The van der Waals surface area contributed by atoms with Crippen molar-refractivity contribution in [1.29, 1.82) is 0 Å². The number of aromatic hydroxyl groups is 2. The van der Waals surface area contributed by atoms with Crippen LogP contribution >= 0.6 is 0 Å². The normalized spacial score (nSPS) is 18.7. The van der Waals surface area contributed by atoms with E-state index in [1.165, 1.54) is 13.8 Å². The van der Waals surface area contributed by atoms with Gasteiger partial charge in [-0.25, -0.2) is 0 Å². The number of aliphatic hydroxyl groups is 2. The van der Waals surface area contributed by atoms with Crippen molar-refractivity contribution < 1.29 is 30.0 Å². The summed E-state index contributed by atoms with van der Waals surface area (Å²) in [5.41, 5.74) is 12.1. The number of carbonyl (C=O) groups is 2. The molecule has 1 aliphatic rings. The Labute approximate surface area is 254 Å². The minimum atomic E-state index is -1.40. The van der Waals surface area contributed by atoms with Crippen LogP contribution in [0.5, 0.6) is 11.5 Å². The van der Waals surface area contributed by atoms with Crippen LogP contribution in [0.4, 0.5) is 0 Å². The summed E-state index contributed by atoms with van der Waals surface area (Å²) in [6.07, 6.45) is 1.73. The van der Waals surface area contributed by atoms with E-state index in [1.807, 2.05) is 26.0 Å². The van der Waals surface area contributed by atoms with Crippen LogP contribution in [0.2, 0.25) is 0 Å². The molecule has 43 heavy (non-hydrogen) atoms. The number of benzene rings is 2. The van der Waals surface area contributed by atoms with Crippen LogP contribution in [0.3, 0.4) is 0 Å². The molecule has 2 atom stereocenters. The lowest BCUT2D eigenvalue weighted by Gasteiger charge is -2.29. The van der Waals surface area contributed by atoms with E-state index in [0.717, 1.165) is 63.2 Å². The molecule has 1 aliphatic heterocycles. The number of phenols is 2. The molecule has 1 saturated heterocycles. The molecular weight excluding hydrogens is 550 g/mol. The largest absolute Gasteiger partial charge is 0.507 e. The van der Waals surface area contributed by atoms with E-state index < -0.39 is 35.9 Å². The van der Waals surface area contributed by atoms with Gasteiger partial charge >= 0.3 is 0 Å². The summed E-state index contributed by atoms with van der Waals surface area (Å²) in [6.45, 7) is 11.4. The molecule has 0 spiro atoms. The molecule has 0 saturated carbocycles. The molecule has 1 heterocycles. The first-order chi connectivity index (χ1) is 20.3. The Kier molecular flexibility index (Phi) is 11.6. The van der Waals surface area contributed by atoms with Gasteiger partial charge in [-0.05, 0) is 66.7 Å². The Morgan fingerprint density at radius 1 is 0.744 bits per heavy atom. The van der Waals surface area contributed by atoms with Crippen LogP contribution in [0.15, 0.2) is 24.3 Å². The summed E-state index contributed by atoms with van der Waals surface area (Å²) in [7, 11) is 0. The van der Waals surface area contributed by atoms with Gasteiger partial charge in [0.15, 0.2) is 0 Å². The van der Waals surface area contributed by atoms with E-state index in [1.54, 1.807) is 12.1 Å². The summed E-state index contributed by atoms with van der Waals surface area (Å²) >= 11 is 0. The average Bonchev–Trinajstić information content (AvgIpc) is 3.01. The van der Waals surface area contributed by atoms with E-state index in [4.69, 9.17) is 11.5 Å². The van der Waals surface area contributed by atoms with Crippen LogP contribution in [-0.2, 0) is 33.5 Å². The molecule has 2 amide bonds. The number of carbonyl (C=O) groups excluding carboxylic acids is 2. The van der Waals surface area contributed by atoms with Crippen LogP contribution in [0.25, 0.3) is 0 Å². The number of phenolic OH excluding ortho intramolecular Hbond substituents is 2. The number of nitrogens with two attached hydrogens (primary N) is 2. The standard InChI is InChI=1S/C32H49N5O6/c1-21-13-23(27(40)25(15-21)31(3,19-38)29(33)42)17-36-9-5-7-35-8-12-37(11-6-10-36)18-24-14-22(2)16-26(28(24)41)32(4,20-39)30(34)43/h13-16,35,38-41H,5-12,17-20H2,1-4H3,(H2,33,42)(H2,34,43). The zero-order valence-corrected chi connectivity index (χ0v) is 25.9. The predicted molar refractivity (Wildman–Crippen MR) is 166 cm³/mol. The zero-order chi connectivity index (χ0) is 31.9. The third-order valence-corrected chi connectivity index (χ3v) is 8.74. The SMILES string of the molecule is Cc1cc(CN2CCCNCCN(Cc3cc(C)cc(C(C)(CO)C(N)=O)c3O)CCC2)c(O)c(C(C)(CO)C(N)=O)c1. The predicted octanol–water partition coefficient (Wildman–Crippen LogP) is 0.873. The molecule has 2 aromatic carbocycles. The maximum Gasteiger partial charge on any atom is 0.230 e. The molecule has 11 heteroatoms. The van der Waals surface area contributed by atoms with Crippen LogP contribution < -0.4 is 16.8 Å². The minimum Gasteiger partial charge on any atom is -0.507 e. The monoisotopic (exact) mass is 599 g/mol. The van der Waals surface area contributed by atoms with Gasteiger partial charge in [-0.2, -0.15) is 0 Å². The van der Waals surface area contributed by atoms with Crippen molar-refractivity contribution in [2.24, 2.45) is 11.5 Å². The highest BCUT2D eigenvalue weighted by atomic mass is 16.3. The maximum absolute atomic E-state index is 12.2. The average molecular weight is 600 g/mol. The van der Waals surface area contributed by atoms with Crippen molar-refractivity contribution >= 4 is 11.8 Å². The Balaban J connectivity index is 1.81. The highest BCUT2D eigenvalue weighted by molar-refractivity contribution is 5.88. The highest BCUT2D eigenvalue weighted by Gasteiger charge is 2.37. The van der Waals surface area contributed by atoms with Crippen LogP contribution in [-0.4, -0.2) is 94.5 Å². The van der Waals surface area contributed by atoms with Gasteiger partial charge in [-0.3, -0.25) is 19.4 Å². The van der Waals surface area contributed by atoms with E-state index in [2.05, 4.69) is 15.1 Å². The summed E-state index contributed by atoms with van der Waals surface area (Å²) < 4.78 is 0. The number of aliphatic hydroxyl groups excluding tert-OH is 2. The number of nitrogens with one attached hydrogen (secondary N) is 1. The first kappa shape index (κ1) is 34.3. The van der Waals surface area contributed by atoms with Gasteiger partial charge in [0.2, 0.25) is 11.8 Å². The fourth-order valence-electron chi connectivity index (χ4n) is 5.71. The molecule has 11 nitrogen and oxygen atoms in total. The Morgan fingerprint density at radius 3 is 1.58 bits per heavy atom. The molecular formula is C32H49N5O6. The van der Waals surface area contributed by atoms with Gasteiger partial charge in [0.1, 0.15) is 11.5 Å². The van der Waals surface area contributed by atoms with E-state index in [0.29, 0.717) is 35.3 Å². The number of hydrogen-bond acceptors (Lipinski definition) is 9. The quantitative estimate of drug-likeness (QED) is 0.208. The minimum absolute atomic E-state index is 0.0217. The zero-order valence-electron chi connectivity index (χ0n) is 25.9. The van der Waals surface area contributed by atoms with Crippen molar-refractivity contribution in [3.05, 3.63) is 57.6 Å². The number of primary amides is 2. The molecule has 2 aromatic rings. The second-order valence-electron chi connectivity index (χ2n) is 12.4. The van der Waals surface area contributed by atoms with Gasteiger partial charge in [-0.1, -0.05) is 35.4 Å². The number of hydrogen-bond donors (Lipinski definition) is 7. The van der Waals surface area contributed by atoms with Crippen molar-refractivity contribution in [3.8, 4) is 11.5 Å². The summed E-state index contributed by atoms with van der Waals surface area (Å²) in [4.78, 5) is 28.9. The van der Waals surface area contributed by atoms with Gasteiger partial charge in [0.05, 0.1) is 24.0 Å². The van der Waals surface area contributed by atoms with Crippen molar-refractivity contribution in [3.63, 3.8) is 0 Å². The van der Waals surface area contributed by atoms with Gasteiger partial charge < -0.3 is 37.2 Å². The first-order valence-corrected chi connectivity index (χ1v) is 14.9. The number of amides is 2.